The first-order chi connectivity index (χ1) is 15.6. The van der Waals surface area contributed by atoms with Crippen molar-refractivity contribution in [3.63, 3.8) is 0 Å². The van der Waals surface area contributed by atoms with Gasteiger partial charge >= 0.3 is 0 Å². The Bertz CT molecular complexity index is 1130. The van der Waals surface area contributed by atoms with E-state index in [0.29, 0.717) is 45.7 Å². The fourth-order valence-corrected chi connectivity index (χ4v) is 3.70. The highest BCUT2D eigenvalue weighted by atomic mass is 16.5. The van der Waals surface area contributed by atoms with Crippen molar-refractivity contribution in [2.24, 2.45) is 0 Å². The van der Waals surface area contributed by atoms with Crippen LogP contribution in [0.25, 0.3) is 22.1 Å². The first-order valence-electron chi connectivity index (χ1n) is 11.8. The van der Waals surface area contributed by atoms with Gasteiger partial charge in [0.15, 0.2) is 0 Å². The van der Waals surface area contributed by atoms with E-state index < -0.39 is 6.98 Å². The predicted octanol–water partition coefficient (Wildman–Crippen LogP) is 3.14. The largest absolute Gasteiger partial charge is 0.464 e. The molecule has 158 valence electrons. The van der Waals surface area contributed by atoms with E-state index in [-0.39, 0.29) is 10.4 Å². The van der Waals surface area contributed by atoms with E-state index in [2.05, 4.69) is 4.98 Å². The summed E-state index contributed by atoms with van der Waals surface area (Å²) in [7, 11) is 3.44. The minimum absolute atomic E-state index is 0.0670. The number of rotatable bonds is 6. The Labute approximate surface area is 181 Å². The molecule has 6 nitrogen and oxygen atoms in total. The summed E-state index contributed by atoms with van der Waals surface area (Å²) in [5, 5.41) is 0.966. The van der Waals surface area contributed by atoms with Gasteiger partial charge in [0.1, 0.15) is 5.58 Å². The predicted molar refractivity (Wildman–Crippen MR) is 117 cm³/mol. The highest BCUT2D eigenvalue weighted by Crippen LogP contribution is 2.28. The Morgan fingerprint density at radius 3 is 2.83 bits per heavy atom. The maximum Gasteiger partial charge on any atom is 0.227 e. The van der Waals surface area contributed by atoms with Gasteiger partial charge in [0.25, 0.3) is 0 Å². The maximum absolute atomic E-state index is 12.6. The molecule has 1 amide bonds. The number of benzene rings is 1. The molecule has 0 aliphatic carbocycles. The van der Waals surface area contributed by atoms with Crippen molar-refractivity contribution in [2.75, 3.05) is 53.9 Å². The lowest BCUT2D eigenvalue weighted by molar-refractivity contribution is -0.870. The first kappa shape index (κ1) is 17.0. The summed E-state index contributed by atoms with van der Waals surface area (Å²) < 4.78 is 34.2. The van der Waals surface area contributed by atoms with Gasteiger partial charge in [-0.2, -0.15) is 0 Å². The monoisotopic (exact) mass is 414 g/mol. The summed E-state index contributed by atoms with van der Waals surface area (Å²) in [4.78, 5) is 18.8. The molecule has 1 aliphatic rings. The van der Waals surface area contributed by atoms with Crippen molar-refractivity contribution in [1.82, 2.24) is 9.88 Å². The van der Waals surface area contributed by atoms with E-state index in [1.54, 1.807) is 32.8 Å². The molecule has 2 aromatic heterocycles. The fourth-order valence-electron chi connectivity index (χ4n) is 3.70. The summed E-state index contributed by atoms with van der Waals surface area (Å²) in [5.74, 6) is 0.0832. The van der Waals surface area contributed by atoms with Crippen LogP contribution in [0.15, 0.2) is 47.3 Å². The molecule has 0 N–H and O–H groups in total. The van der Waals surface area contributed by atoms with Crippen LogP contribution in [0.4, 0.5) is 0 Å². The number of aromatic nitrogens is 1. The Kier molecular flexibility index (Phi) is 4.87. The zero-order valence-corrected chi connectivity index (χ0v) is 17.6. The van der Waals surface area contributed by atoms with E-state index in [4.69, 9.17) is 13.3 Å². The molecular formula is C24H30N3O3+. The average molecular weight is 415 g/mol. The number of ether oxygens (including phenoxy) is 1. The standard InChI is InChI=1S/C24H30N3O3/c1-27(2,3)9-6-20-17-30-23-5-4-19(14-22(20)23)21-12-18(15-25-16-21)13-24(28)26-7-10-29-11-8-26/h4-5,12,14-17H,6-11,13H2,1-3H3/q+1/i1T3. The molecule has 0 atom stereocenters. The van der Waals surface area contributed by atoms with E-state index in [9.17, 15) is 4.79 Å². The van der Waals surface area contributed by atoms with Crippen molar-refractivity contribution in [3.05, 3.63) is 54.0 Å². The Morgan fingerprint density at radius 2 is 2.03 bits per heavy atom. The number of fused-ring (bicyclic) bond motifs is 1. The molecule has 6 heteroatoms. The van der Waals surface area contributed by atoms with Gasteiger partial charge in [0.05, 0.1) is 57.6 Å². The number of carbonyl (C=O) groups is 1. The summed E-state index contributed by atoms with van der Waals surface area (Å²) in [6.07, 6.45) is 6.14. The number of hydrogen-bond donors (Lipinski definition) is 0. The zero-order valence-electron chi connectivity index (χ0n) is 20.6. The fraction of sp³-hybridized carbons (Fsp3) is 0.417. The molecule has 1 aromatic carbocycles. The lowest BCUT2D eigenvalue weighted by Crippen LogP contribution is -2.41. The van der Waals surface area contributed by atoms with Crippen molar-refractivity contribution in [3.8, 4) is 11.1 Å². The molecule has 1 saturated heterocycles. The van der Waals surface area contributed by atoms with Crippen LogP contribution in [-0.2, 0) is 22.4 Å². The number of carbonyl (C=O) groups excluding carboxylic acids is 1. The molecule has 3 heterocycles. The van der Waals surface area contributed by atoms with Crippen LogP contribution in [0, 0.1) is 0 Å². The zero-order chi connectivity index (χ0) is 23.6. The minimum atomic E-state index is -2.07. The Hall–Kier alpha value is -2.70. The third-order valence-corrected chi connectivity index (χ3v) is 5.44. The van der Waals surface area contributed by atoms with Crippen LogP contribution in [0.2, 0.25) is 0 Å². The van der Waals surface area contributed by atoms with Crippen molar-refractivity contribution < 1.29 is 22.5 Å². The Balaban J connectivity index is 1.53. The number of pyridine rings is 1. The molecule has 0 saturated carbocycles. The van der Waals surface area contributed by atoms with Gasteiger partial charge in [0.2, 0.25) is 5.91 Å². The van der Waals surface area contributed by atoms with E-state index in [1.807, 2.05) is 29.2 Å². The van der Waals surface area contributed by atoms with Crippen LogP contribution in [0.3, 0.4) is 0 Å². The molecule has 0 unspecified atom stereocenters. The van der Waals surface area contributed by atoms with Gasteiger partial charge in [-0.15, -0.1) is 0 Å². The molecule has 3 aromatic rings. The van der Waals surface area contributed by atoms with E-state index in [0.717, 1.165) is 33.2 Å². The summed E-state index contributed by atoms with van der Waals surface area (Å²) >= 11 is 0. The number of quaternary nitrogens is 1. The lowest BCUT2D eigenvalue weighted by atomic mass is 10.0. The topological polar surface area (TPSA) is 55.6 Å². The smallest absolute Gasteiger partial charge is 0.227 e. The molecule has 4 rings (SSSR count). The summed E-state index contributed by atoms with van der Waals surface area (Å²) in [6.45, 7) is 0.816. The summed E-state index contributed by atoms with van der Waals surface area (Å²) in [5.41, 5.74) is 4.51. The third-order valence-electron chi connectivity index (χ3n) is 5.44. The lowest BCUT2D eigenvalue weighted by Gasteiger charge is -2.26. The van der Waals surface area contributed by atoms with Gasteiger partial charge < -0.3 is 18.5 Å². The summed E-state index contributed by atoms with van der Waals surface area (Å²) in [6, 6.07) is 7.95. The van der Waals surface area contributed by atoms with Crippen LogP contribution in [0.5, 0.6) is 0 Å². The number of morpholine rings is 1. The second-order valence-electron chi connectivity index (χ2n) is 8.38. The van der Waals surface area contributed by atoms with E-state index in [1.165, 1.54) is 0 Å². The SMILES string of the molecule is [3H]C([3H])([3H])[N+](C)(C)CCc1coc2ccc(-c3cncc(CC(=O)N4CCOCC4)c3)cc12. The second kappa shape index (κ2) is 8.58. The molecule has 30 heavy (non-hydrogen) atoms. The minimum Gasteiger partial charge on any atom is -0.464 e. The molecule has 1 aliphatic heterocycles. The second-order valence-corrected chi connectivity index (χ2v) is 8.38. The van der Waals surface area contributed by atoms with Gasteiger partial charge in [-0.3, -0.25) is 9.78 Å². The number of nitrogens with zero attached hydrogens (tertiary/aromatic N) is 3. The van der Waals surface area contributed by atoms with Crippen molar-refractivity contribution >= 4 is 16.9 Å². The van der Waals surface area contributed by atoms with Gasteiger partial charge in [-0.1, -0.05) is 6.07 Å². The molecule has 0 bridgehead atoms. The number of amides is 1. The third kappa shape index (κ3) is 4.89. The average Bonchev–Trinajstić information content (AvgIpc) is 3.20. The Morgan fingerprint density at radius 1 is 1.20 bits per heavy atom. The highest BCUT2D eigenvalue weighted by Gasteiger charge is 2.18. The van der Waals surface area contributed by atoms with Gasteiger partial charge in [-0.05, 0) is 29.3 Å². The van der Waals surface area contributed by atoms with Gasteiger partial charge in [-0.25, -0.2) is 0 Å². The normalized spacial score (nSPS) is 16.9. The molecular weight excluding hydrogens is 378 g/mol. The molecule has 1 fully saturated rings. The highest BCUT2D eigenvalue weighted by molar-refractivity contribution is 5.86. The number of likely N-dealkylation sites (N-methyl/N-ethyl adjacent to an activating group) is 1. The van der Waals surface area contributed by atoms with Crippen molar-refractivity contribution in [1.29, 1.82) is 0 Å². The number of hydrogen-bond acceptors (Lipinski definition) is 4. The van der Waals surface area contributed by atoms with Crippen molar-refractivity contribution in [2.45, 2.75) is 12.8 Å². The van der Waals surface area contributed by atoms with Crippen LogP contribution in [-0.4, -0.2) is 74.2 Å². The van der Waals surface area contributed by atoms with Crippen LogP contribution in [0.1, 0.15) is 15.2 Å². The maximum atomic E-state index is 12.6. The molecule has 0 radical (unpaired) electrons. The number of furan rings is 1. The van der Waals surface area contributed by atoms with Gasteiger partial charge in [0, 0.05) is 48.4 Å². The van der Waals surface area contributed by atoms with Crippen LogP contribution >= 0.6 is 0 Å². The first-order valence-corrected chi connectivity index (χ1v) is 10.3. The van der Waals surface area contributed by atoms with E-state index >= 15 is 0 Å². The molecule has 0 spiro atoms. The quantitative estimate of drug-likeness (QED) is 0.582. The van der Waals surface area contributed by atoms with Crippen LogP contribution < -0.4 is 0 Å².